The van der Waals surface area contributed by atoms with Gasteiger partial charge in [0, 0.05) is 0 Å². The second-order valence-electron chi connectivity index (χ2n) is 2.78. The summed E-state index contributed by atoms with van der Waals surface area (Å²) in [5.41, 5.74) is 3.72. The summed E-state index contributed by atoms with van der Waals surface area (Å²) in [5, 5.41) is 18.3. The highest BCUT2D eigenvalue weighted by atomic mass is 16.5. The first-order valence-electron chi connectivity index (χ1n) is 3.60. The van der Waals surface area contributed by atoms with Crippen LogP contribution in [-0.2, 0) is 9.53 Å². The Kier molecular flexibility index (Phi) is 3.63. The summed E-state index contributed by atoms with van der Waals surface area (Å²) in [5.74, 6) is -0.826. The standard InChI is InChI=1S/C7H15NO4/c1-4(9)7(8,5(2)10)6(11)12-3/h4-5,9-10H,8H2,1-3H3. The third-order valence-electron chi connectivity index (χ3n) is 1.92. The van der Waals surface area contributed by atoms with Gasteiger partial charge in [0.15, 0.2) is 5.54 Å². The highest BCUT2D eigenvalue weighted by Crippen LogP contribution is 2.14. The number of aliphatic hydroxyl groups is 2. The fourth-order valence-electron chi connectivity index (χ4n) is 0.867. The Bertz CT molecular complexity index is 159. The van der Waals surface area contributed by atoms with Crippen molar-refractivity contribution in [1.29, 1.82) is 0 Å². The zero-order valence-electron chi connectivity index (χ0n) is 7.44. The SMILES string of the molecule is COC(=O)C(N)(C(C)O)C(C)O. The van der Waals surface area contributed by atoms with E-state index in [2.05, 4.69) is 4.74 Å². The first kappa shape index (κ1) is 11.4. The van der Waals surface area contributed by atoms with E-state index in [1.54, 1.807) is 0 Å². The van der Waals surface area contributed by atoms with Crippen molar-refractivity contribution in [2.45, 2.75) is 31.6 Å². The molecule has 0 radical (unpaired) electrons. The molecule has 0 heterocycles. The molecule has 5 heteroatoms. The molecule has 0 aromatic rings. The van der Waals surface area contributed by atoms with E-state index in [0.29, 0.717) is 0 Å². The molecule has 0 saturated heterocycles. The van der Waals surface area contributed by atoms with Crippen molar-refractivity contribution in [3.63, 3.8) is 0 Å². The maximum atomic E-state index is 11.0. The molecule has 5 nitrogen and oxygen atoms in total. The average molecular weight is 177 g/mol. The predicted molar refractivity (Wildman–Crippen MR) is 42.3 cm³/mol. The minimum atomic E-state index is -1.74. The van der Waals surface area contributed by atoms with Gasteiger partial charge < -0.3 is 20.7 Å². The smallest absolute Gasteiger partial charge is 0.331 e. The molecule has 2 atom stereocenters. The van der Waals surface area contributed by atoms with E-state index >= 15 is 0 Å². The third-order valence-corrected chi connectivity index (χ3v) is 1.92. The monoisotopic (exact) mass is 177 g/mol. The first-order chi connectivity index (χ1) is 5.37. The van der Waals surface area contributed by atoms with Gasteiger partial charge in [0.1, 0.15) is 0 Å². The van der Waals surface area contributed by atoms with Gasteiger partial charge >= 0.3 is 5.97 Å². The van der Waals surface area contributed by atoms with Crippen molar-refractivity contribution in [3.8, 4) is 0 Å². The van der Waals surface area contributed by atoms with Crippen LogP contribution in [0, 0.1) is 0 Å². The van der Waals surface area contributed by atoms with Crippen LogP contribution in [-0.4, -0.2) is 41.0 Å². The quantitative estimate of drug-likeness (QED) is 0.462. The molecule has 0 rings (SSSR count). The van der Waals surface area contributed by atoms with E-state index in [0.717, 1.165) is 7.11 Å². The van der Waals surface area contributed by atoms with Crippen molar-refractivity contribution in [3.05, 3.63) is 0 Å². The number of carbonyl (C=O) groups excluding carboxylic acids is 1. The van der Waals surface area contributed by atoms with Gasteiger partial charge in [0.2, 0.25) is 0 Å². The number of rotatable bonds is 3. The van der Waals surface area contributed by atoms with Crippen molar-refractivity contribution in [2.75, 3.05) is 7.11 Å². The first-order valence-corrected chi connectivity index (χ1v) is 3.60. The number of carbonyl (C=O) groups is 1. The summed E-state index contributed by atoms with van der Waals surface area (Å²) in [6.45, 7) is 2.65. The number of aliphatic hydroxyl groups excluding tert-OH is 2. The van der Waals surface area contributed by atoms with Crippen molar-refractivity contribution < 1.29 is 19.7 Å². The van der Waals surface area contributed by atoms with Crippen LogP contribution in [0.3, 0.4) is 0 Å². The predicted octanol–water partition coefficient (Wildman–Crippen LogP) is -1.38. The Morgan fingerprint density at radius 1 is 1.42 bits per heavy atom. The Labute approximate surface area is 71.1 Å². The van der Waals surface area contributed by atoms with E-state index in [4.69, 9.17) is 15.9 Å². The van der Waals surface area contributed by atoms with Gasteiger partial charge in [0.25, 0.3) is 0 Å². The molecule has 0 fully saturated rings. The number of esters is 1. The molecular weight excluding hydrogens is 162 g/mol. The van der Waals surface area contributed by atoms with E-state index in [-0.39, 0.29) is 0 Å². The molecule has 0 aromatic heterocycles. The van der Waals surface area contributed by atoms with Gasteiger partial charge in [-0.2, -0.15) is 0 Å². The molecular formula is C7H15NO4. The molecule has 4 N–H and O–H groups in total. The maximum absolute atomic E-state index is 11.0. The van der Waals surface area contributed by atoms with Crippen molar-refractivity contribution in [1.82, 2.24) is 0 Å². The van der Waals surface area contributed by atoms with Crippen LogP contribution in [0.15, 0.2) is 0 Å². The maximum Gasteiger partial charge on any atom is 0.331 e. The molecule has 2 unspecified atom stereocenters. The molecule has 0 aliphatic heterocycles. The zero-order valence-corrected chi connectivity index (χ0v) is 7.44. The summed E-state index contributed by atoms with van der Waals surface area (Å²) < 4.78 is 4.35. The van der Waals surface area contributed by atoms with Crippen LogP contribution < -0.4 is 5.73 Å². The van der Waals surface area contributed by atoms with Crippen molar-refractivity contribution >= 4 is 5.97 Å². The number of methoxy groups -OCH3 is 1. The van der Waals surface area contributed by atoms with E-state index in [9.17, 15) is 4.79 Å². The summed E-state index contributed by atoms with van der Waals surface area (Å²) in [6, 6.07) is 0. The highest BCUT2D eigenvalue weighted by Gasteiger charge is 2.44. The minimum absolute atomic E-state index is 0.826. The normalized spacial score (nSPS) is 20.8. The lowest BCUT2D eigenvalue weighted by Crippen LogP contribution is -2.63. The lowest BCUT2D eigenvalue weighted by Gasteiger charge is -2.31. The summed E-state index contributed by atoms with van der Waals surface area (Å²) in [6.07, 6.45) is -2.32. The molecule has 0 aromatic carbocycles. The summed E-state index contributed by atoms with van der Waals surface area (Å²) in [4.78, 5) is 11.0. The zero-order chi connectivity index (χ0) is 9.94. The number of hydrogen-bond donors (Lipinski definition) is 3. The van der Waals surface area contributed by atoms with Crippen molar-refractivity contribution in [2.24, 2.45) is 5.73 Å². The fraction of sp³-hybridized carbons (Fsp3) is 0.857. The third kappa shape index (κ3) is 1.74. The largest absolute Gasteiger partial charge is 0.467 e. The molecule has 0 amide bonds. The van der Waals surface area contributed by atoms with Crippen LogP contribution in [0.1, 0.15) is 13.8 Å². The summed E-state index contributed by atoms with van der Waals surface area (Å²) in [7, 11) is 1.15. The number of ether oxygens (including phenoxy) is 1. The Morgan fingerprint density at radius 2 is 1.75 bits per heavy atom. The van der Waals surface area contributed by atoms with Crippen LogP contribution in [0.25, 0.3) is 0 Å². The van der Waals surface area contributed by atoms with Gasteiger partial charge in [-0.1, -0.05) is 0 Å². The molecule has 0 aliphatic carbocycles. The van der Waals surface area contributed by atoms with Gasteiger partial charge in [-0.15, -0.1) is 0 Å². The second-order valence-corrected chi connectivity index (χ2v) is 2.78. The number of nitrogens with two attached hydrogens (primary N) is 1. The Morgan fingerprint density at radius 3 is 1.83 bits per heavy atom. The Balaban J connectivity index is 4.74. The Hall–Kier alpha value is -0.650. The van der Waals surface area contributed by atoms with E-state index in [1.807, 2.05) is 0 Å². The average Bonchev–Trinajstić information content (AvgIpc) is 2.00. The minimum Gasteiger partial charge on any atom is -0.467 e. The second kappa shape index (κ2) is 3.84. The fourth-order valence-corrected chi connectivity index (χ4v) is 0.867. The lowest BCUT2D eigenvalue weighted by molar-refractivity contribution is -0.157. The van der Waals surface area contributed by atoms with Crippen LogP contribution in [0.4, 0.5) is 0 Å². The van der Waals surface area contributed by atoms with Gasteiger partial charge in [-0.25, -0.2) is 4.79 Å². The van der Waals surface area contributed by atoms with E-state index in [1.165, 1.54) is 13.8 Å². The molecule has 0 bridgehead atoms. The topological polar surface area (TPSA) is 92.8 Å². The lowest BCUT2D eigenvalue weighted by atomic mass is 9.89. The van der Waals surface area contributed by atoms with E-state index < -0.39 is 23.7 Å². The highest BCUT2D eigenvalue weighted by molar-refractivity contribution is 5.82. The molecule has 0 aliphatic rings. The molecule has 0 spiro atoms. The van der Waals surface area contributed by atoms with Crippen LogP contribution in [0.5, 0.6) is 0 Å². The number of hydrogen-bond acceptors (Lipinski definition) is 5. The molecule has 72 valence electrons. The van der Waals surface area contributed by atoms with Crippen LogP contribution >= 0.6 is 0 Å². The van der Waals surface area contributed by atoms with Gasteiger partial charge in [0.05, 0.1) is 19.3 Å². The van der Waals surface area contributed by atoms with Gasteiger partial charge in [-0.05, 0) is 13.8 Å². The molecule has 0 saturated carbocycles. The van der Waals surface area contributed by atoms with Gasteiger partial charge in [-0.3, -0.25) is 0 Å². The van der Waals surface area contributed by atoms with Crippen LogP contribution in [0.2, 0.25) is 0 Å². The summed E-state index contributed by atoms with van der Waals surface area (Å²) >= 11 is 0. The molecule has 12 heavy (non-hydrogen) atoms.